The molecule has 1 saturated heterocycles. The number of benzene rings is 1. The average Bonchev–Trinajstić information content (AvgIpc) is 2.74. The van der Waals surface area contributed by atoms with Crippen LogP contribution in [0.5, 0.6) is 0 Å². The number of hydrogen-bond donors (Lipinski definition) is 0. The fourth-order valence-electron chi connectivity index (χ4n) is 2.30. The Morgan fingerprint density at radius 3 is 2.94 bits per heavy atom. The second-order valence-corrected chi connectivity index (χ2v) is 5.44. The standard InChI is InChI=1S/C12H13BrFN3O/c13-10-5-9(14)6-11-12(10)15-16-17(11)7-8-1-3-18-4-2-8/h5-6,8H,1-4,7H2. The zero-order chi connectivity index (χ0) is 12.5. The van der Waals surface area contributed by atoms with Gasteiger partial charge in [-0.3, -0.25) is 0 Å². The Balaban J connectivity index is 1.92. The lowest BCUT2D eigenvalue weighted by atomic mass is 10.0. The molecule has 0 spiro atoms. The first-order chi connectivity index (χ1) is 8.74. The summed E-state index contributed by atoms with van der Waals surface area (Å²) < 4.78 is 21.2. The molecule has 1 fully saturated rings. The number of ether oxygens (including phenoxy) is 1. The minimum Gasteiger partial charge on any atom is -0.381 e. The minimum atomic E-state index is -0.273. The van der Waals surface area contributed by atoms with Gasteiger partial charge in [-0.2, -0.15) is 0 Å². The number of halogens is 2. The first kappa shape index (κ1) is 12.0. The molecule has 18 heavy (non-hydrogen) atoms. The van der Waals surface area contributed by atoms with E-state index in [0.29, 0.717) is 15.9 Å². The first-order valence-corrected chi connectivity index (χ1v) is 6.79. The zero-order valence-electron chi connectivity index (χ0n) is 9.77. The van der Waals surface area contributed by atoms with Gasteiger partial charge in [-0.15, -0.1) is 5.10 Å². The van der Waals surface area contributed by atoms with Gasteiger partial charge in [-0.05, 0) is 40.8 Å². The molecule has 0 radical (unpaired) electrons. The smallest absolute Gasteiger partial charge is 0.127 e. The number of aromatic nitrogens is 3. The maximum Gasteiger partial charge on any atom is 0.127 e. The molecular formula is C12H13BrFN3O. The molecule has 0 bridgehead atoms. The summed E-state index contributed by atoms with van der Waals surface area (Å²) in [6.45, 7) is 2.38. The number of nitrogens with zero attached hydrogens (tertiary/aromatic N) is 3. The molecular weight excluding hydrogens is 301 g/mol. The van der Waals surface area contributed by atoms with Crippen molar-refractivity contribution in [2.75, 3.05) is 13.2 Å². The molecule has 0 amide bonds. The normalized spacial score (nSPS) is 17.4. The van der Waals surface area contributed by atoms with Gasteiger partial charge in [0.05, 0.1) is 9.99 Å². The molecule has 3 rings (SSSR count). The van der Waals surface area contributed by atoms with Crippen molar-refractivity contribution in [2.24, 2.45) is 5.92 Å². The highest BCUT2D eigenvalue weighted by Gasteiger charge is 2.17. The van der Waals surface area contributed by atoms with Gasteiger partial charge in [0.1, 0.15) is 11.3 Å². The van der Waals surface area contributed by atoms with E-state index < -0.39 is 0 Å². The van der Waals surface area contributed by atoms with Crippen LogP contribution in [0.25, 0.3) is 11.0 Å². The van der Waals surface area contributed by atoms with Gasteiger partial charge in [0.2, 0.25) is 0 Å². The molecule has 0 aliphatic carbocycles. The highest BCUT2D eigenvalue weighted by molar-refractivity contribution is 9.10. The Morgan fingerprint density at radius 2 is 2.17 bits per heavy atom. The molecule has 0 unspecified atom stereocenters. The maximum atomic E-state index is 13.4. The number of fused-ring (bicyclic) bond motifs is 1. The van der Waals surface area contributed by atoms with Gasteiger partial charge >= 0.3 is 0 Å². The van der Waals surface area contributed by atoms with E-state index in [1.807, 2.05) is 0 Å². The Labute approximate surface area is 112 Å². The molecule has 2 aromatic rings. The molecule has 2 heterocycles. The van der Waals surface area contributed by atoms with Crippen LogP contribution in [0.4, 0.5) is 4.39 Å². The van der Waals surface area contributed by atoms with Crippen molar-refractivity contribution in [3.63, 3.8) is 0 Å². The van der Waals surface area contributed by atoms with Crippen LogP contribution in [0.3, 0.4) is 0 Å². The van der Waals surface area contributed by atoms with E-state index in [4.69, 9.17) is 4.74 Å². The second-order valence-electron chi connectivity index (χ2n) is 4.58. The summed E-state index contributed by atoms with van der Waals surface area (Å²) in [5.41, 5.74) is 1.46. The van der Waals surface area contributed by atoms with E-state index >= 15 is 0 Å². The Bertz CT molecular complexity index is 566. The summed E-state index contributed by atoms with van der Waals surface area (Å²) in [4.78, 5) is 0. The van der Waals surface area contributed by atoms with Crippen molar-refractivity contribution in [3.8, 4) is 0 Å². The zero-order valence-corrected chi connectivity index (χ0v) is 11.4. The molecule has 96 valence electrons. The monoisotopic (exact) mass is 313 g/mol. The van der Waals surface area contributed by atoms with Crippen LogP contribution in [0, 0.1) is 11.7 Å². The van der Waals surface area contributed by atoms with E-state index in [9.17, 15) is 4.39 Å². The van der Waals surface area contributed by atoms with Gasteiger partial charge in [0.25, 0.3) is 0 Å². The summed E-state index contributed by atoms with van der Waals surface area (Å²) in [5.74, 6) is 0.260. The van der Waals surface area contributed by atoms with E-state index in [0.717, 1.165) is 38.1 Å². The van der Waals surface area contributed by atoms with E-state index in [1.54, 1.807) is 4.68 Å². The van der Waals surface area contributed by atoms with Crippen LogP contribution in [0.1, 0.15) is 12.8 Å². The fourth-order valence-corrected chi connectivity index (χ4v) is 2.80. The van der Waals surface area contributed by atoms with E-state index in [1.165, 1.54) is 12.1 Å². The molecule has 1 aliphatic rings. The average molecular weight is 314 g/mol. The van der Waals surface area contributed by atoms with Gasteiger partial charge in [-0.1, -0.05) is 5.21 Å². The van der Waals surface area contributed by atoms with Gasteiger partial charge < -0.3 is 4.74 Å². The topological polar surface area (TPSA) is 39.9 Å². The third-order valence-corrected chi connectivity index (χ3v) is 3.92. The Hall–Kier alpha value is -1.01. The quantitative estimate of drug-likeness (QED) is 0.856. The number of hydrogen-bond acceptors (Lipinski definition) is 3. The highest BCUT2D eigenvalue weighted by atomic mass is 79.9. The first-order valence-electron chi connectivity index (χ1n) is 6.00. The molecule has 1 aromatic heterocycles. The molecule has 1 aromatic carbocycles. The molecule has 0 atom stereocenters. The minimum absolute atomic E-state index is 0.273. The summed E-state index contributed by atoms with van der Waals surface area (Å²) in [7, 11) is 0. The molecule has 4 nitrogen and oxygen atoms in total. The SMILES string of the molecule is Fc1cc(Br)c2nnn(CC3CCOCC3)c2c1. The molecule has 0 saturated carbocycles. The van der Waals surface area contributed by atoms with Crippen LogP contribution in [-0.4, -0.2) is 28.2 Å². The van der Waals surface area contributed by atoms with Crippen LogP contribution in [-0.2, 0) is 11.3 Å². The van der Waals surface area contributed by atoms with Gasteiger partial charge in [0.15, 0.2) is 0 Å². The predicted molar refractivity (Wildman–Crippen MR) is 68.7 cm³/mol. The van der Waals surface area contributed by atoms with E-state index in [-0.39, 0.29) is 5.82 Å². The van der Waals surface area contributed by atoms with Crippen molar-refractivity contribution >= 4 is 27.0 Å². The maximum absolute atomic E-state index is 13.4. The summed E-state index contributed by atoms with van der Waals surface area (Å²) in [6.07, 6.45) is 2.05. The van der Waals surface area contributed by atoms with Crippen molar-refractivity contribution < 1.29 is 9.13 Å². The van der Waals surface area contributed by atoms with Crippen LogP contribution in [0.15, 0.2) is 16.6 Å². The van der Waals surface area contributed by atoms with Gasteiger partial charge in [-0.25, -0.2) is 9.07 Å². The molecule has 6 heteroatoms. The van der Waals surface area contributed by atoms with Crippen LogP contribution < -0.4 is 0 Å². The third-order valence-electron chi connectivity index (χ3n) is 3.31. The Kier molecular flexibility index (Phi) is 3.30. The van der Waals surface area contributed by atoms with Crippen LogP contribution in [0.2, 0.25) is 0 Å². The largest absolute Gasteiger partial charge is 0.381 e. The van der Waals surface area contributed by atoms with Crippen LogP contribution >= 0.6 is 15.9 Å². The Morgan fingerprint density at radius 1 is 1.39 bits per heavy atom. The summed E-state index contributed by atoms with van der Waals surface area (Å²) >= 11 is 3.31. The van der Waals surface area contributed by atoms with Gasteiger partial charge in [0, 0.05) is 25.8 Å². The van der Waals surface area contributed by atoms with E-state index in [2.05, 4.69) is 26.2 Å². The lowest BCUT2D eigenvalue weighted by Crippen LogP contribution is -2.20. The number of rotatable bonds is 2. The summed E-state index contributed by atoms with van der Waals surface area (Å²) in [6, 6.07) is 2.90. The lowest BCUT2D eigenvalue weighted by molar-refractivity contribution is 0.0604. The lowest BCUT2D eigenvalue weighted by Gasteiger charge is -2.21. The molecule has 1 aliphatic heterocycles. The summed E-state index contributed by atoms with van der Waals surface area (Å²) in [5, 5.41) is 8.21. The fraction of sp³-hybridized carbons (Fsp3) is 0.500. The second kappa shape index (κ2) is 4.93. The van der Waals surface area contributed by atoms with Crippen molar-refractivity contribution in [1.29, 1.82) is 0 Å². The highest BCUT2D eigenvalue weighted by Crippen LogP contribution is 2.25. The third kappa shape index (κ3) is 2.27. The predicted octanol–water partition coefficient (Wildman–Crippen LogP) is 2.76. The molecule has 0 N–H and O–H groups in total. The van der Waals surface area contributed by atoms with Crippen molar-refractivity contribution in [1.82, 2.24) is 15.0 Å². The van der Waals surface area contributed by atoms with Crippen molar-refractivity contribution in [3.05, 3.63) is 22.4 Å². The van der Waals surface area contributed by atoms with Crippen molar-refractivity contribution in [2.45, 2.75) is 19.4 Å².